The van der Waals surface area contributed by atoms with Crippen molar-refractivity contribution in [1.29, 1.82) is 0 Å². The lowest BCUT2D eigenvalue weighted by Gasteiger charge is -2.40. The van der Waals surface area contributed by atoms with Gasteiger partial charge in [-0.1, -0.05) is 43.3 Å². The molecule has 2 bridgehead atoms. The number of rotatable bonds is 4. The fraction of sp³-hybridized carbons (Fsp3) is 0.417. The van der Waals surface area contributed by atoms with Gasteiger partial charge < -0.3 is 15.0 Å². The van der Waals surface area contributed by atoms with Gasteiger partial charge in [0.1, 0.15) is 5.75 Å². The summed E-state index contributed by atoms with van der Waals surface area (Å²) in [5, 5.41) is 3.10. The highest BCUT2D eigenvalue weighted by molar-refractivity contribution is 5.94. The zero-order valence-electron chi connectivity index (χ0n) is 17.2. The van der Waals surface area contributed by atoms with Gasteiger partial charge in [-0.15, -0.1) is 0 Å². The van der Waals surface area contributed by atoms with Crippen LogP contribution in [0.15, 0.2) is 54.6 Å². The lowest BCUT2D eigenvalue weighted by atomic mass is 9.97. The number of carbonyl (C=O) groups excluding carboxylic acids is 2. The molecule has 1 N–H and O–H groups in total. The Balaban J connectivity index is 1.23. The largest absolute Gasteiger partial charge is 0.480 e. The molecule has 2 amide bonds. The Morgan fingerprint density at radius 1 is 1.07 bits per heavy atom. The zero-order valence-corrected chi connectivity index (χ0v) is 17.2. The first-order valence-electron chi connectivity index (χ1n) is 10.7. The summed E-state index contributed by atoms with van der Waals surface area (Å²) in [4.78, 5) is 30.3. The number of benzene rings is 2. The van der Waals surface area contributed by atoms with Gasteiger partial charge in [-0.3, -0.25) is 14.5 Å². The van der Waals surface area contributed by atoms with Crippen molar-refractivity contribution in [3.63, 3.8) is 0 Å². The molecule has 0 aromatic heterocycles. The lowest BCUT2D eigenvalue weighted by Crippen LogP contribution is -2.58. The standard InChI is InChI=1S/C24H27N3O3/c1-16-20-9-5-6-10-21(20)30-22(16)23(28)25-13-19-15-27(18-11-12-26(19)14-18)24(29)17-7-3-2-4-8-17/h2-10,16,18-19,22H,11-15H2,1H3,(H,25,28)/t16-,18+,19-,22-/m1/s1. The Morgan fingerprint density at radius 2 is 1.83 bits per heavy atom. The van der Waals surface area contributed by atoms with Crippen LogP contribution in [0.3, 0.4) is 0 Å². The van der Waals surface area contributed by atoms with E-state index >= 15 is 0 Å². The first-order valence-corrected chi connectivity index (χ1v) is 10.7. The predicted molar refractivity (Wildman–Crippen MR) is 114 cm³/mol. The summed E-state index contributed by atoms with van der Waals surface area (Å²) in [5.74, 6) is 0.826. The topological polar surface area (TPSA) is 61.9 Å². The Hall–Kier alpha value is -2.86. The maximum Gasteiger partial charge on any atom is 0.261 e. The van der Waals surface area contributed by atoms with Crippen LogP contribution in [-0.2, 0) is 4.79 Å². The van der Waals surface area contributed by atoms with Gasteiger partial charge in [0.2, 0.25) is 0 Å². The fourth-order valence-corrected chi connectivity index (χ4v) is 5.00. The van der Waals surface area contributed by atoms with Crippen molar-refractivity contribution in [3.05, 3.63) is 65.7 Å². The maximum atomic E-state index is 13.0. The number of carbonyl (C=O) groups is 2. The molecular weight excluding hydrogens is 378 g/mol. The first kappa shape index (κ1) is 19.1. The number of fused-ring (bicyclic) bond motifs is 3. The van der Waals surface area contributed by atoms with E-state index in [1.807, 2.05) is 66.4 Å². The van der Waals surface area contributed by atoms with Gasteiger partial charge in [-0.25, -0.2) is 0 Å². The number of ether oxygens (including phenoxy) is 1. The van der Waals surface area contributed by atoms with E-state index in [2.05, 4.69) is 10.2 Å². The van der Waals surface area contributed by atoms with Crippen LogP contribution in [0, 0.1) is 0 Å². The third kappa shape index (κ3) is 3.35. The summed E-state index contributed by atoms with van der Waals surface area (Å²) in [6.07, 6.45) is 0.487. The molecule has 2 saturated heterocycles. The number of para-hydroxylation sites is 1. The third-order valence-electron chi connectivity index (χ3n) is 6.73. The van der Waals surface area contributed by atoms with Crippen LogP contribution in [-0.4, -0.2) is 66.0 Å². The highest BCUT2D eigenvalue weighted by Crippen LogP contribution is 2.37. The van der Waals surface area contributed by atoms with Crippen LogP contribution in [0.5, 0.6) is 5.75 Å². The van der Waals surface area contributed by atoms with Crippen molar-refractivity contribution >= 4 is 11.8 Å². The van der Waals surface area contributed by atoms with Crippen molar-refractivity contribution in [2.24, 2.45) is 0 Å². The second-order valence-electron chi connectivity index (χ2n) is 8.52. The molecule has 1 unspecified atom stereocenters. The Bertz CT molecular complexity index is 948. The van der Waals surface area contributed by atoms with E-state index in [0.29, 0.717) is 13.1 Å². The second kappa shape index (κ2) is 7.76. The van der Waals surface area contributed by atoms with Gasteiger partial charge in [-0.05, 0) is 24.6 Å². The van der Waals surface area contributed by atoms with Crippen molar-refractivity contribution in [3.8, 4) is 5.75 Å². The molecule has 3 aliphatic heterocycles. The molecule has 0 aliphatic carbocycles. The van der Waals surface area contributed by atoms with E-state index < -0.39 is 6.10 Å². The normalized spacial score (nSPS) is 29.2. The Morgan fingerprint density at radius 3 is 2.63 bits per heavy atom. The minimum absolute atomic E-state index is 0.0277. The van der Waals surface area contributed by atoms with Crippen LogP contribution < -0.4 is 10.1 Å². The summed E-state index contributed by atoms with van der Waals surface area (Å²) in [6, 6.07) is 17.7. The quantitative estimate of drug-likeness (QED) is 0.848. The number of amides is 2. The average molecular weight is 405 g/mol. The highest BCUT2D eigenvalue weighted by Gasteiger charge is 2.42. The van der Waals surface area contributed by atoms with Gasteiger partial charge in [0.15, 0.2) is 6.10 Å². The van der Waals surface area contributed by atoms with Gasteiger partial charge in [0.05, 0.1) is 0 Å². The minimum atomic E-state index is -0.501. The van der Waals surface area contributed by atoms with E-state index in [1.54, 1.807) is 0 Å². The van der Waals surface area contributed by atoms with Gasteiger partial charge >= 0.3 is 0 Å². The fourth-order valence-electron chi connectivity index (χ4n) is 5.00. The number of hydrogen-bond acceptors (Lipinski definition) is 4. The van der Waals surface area contributed by atoms with E-state index in [9.17, 15) is 9.59 Å². The molecule has 2 fully saturated rings. The lowest BCUT2D eigenvalue weighted by molar-refractivity contribution is -0.128. The molecule has 0 spiro atoms. The molecule has 0 saturated carbocycles. The number of hydrogen-bond donors (Lipinski definition) is 1. The summed E-state index contributed by atoms with van der Waals surface area (Å²) < 4.78 is 5.91. The molecule has 30 heavy (non-hydrogen) atoms. The summed E-state index contributed by atoms with van der Waals surface area (Å²) >= 11 is 0. The van der Waals surface area contributed by atoms with Gasteiger partial charge in [0.25, 0.3) is 11.8 Å². The third-order valence-corrected chi connectivity index (χ3v) is 6.73. The summed E-state index contributed by atoms with van der Waals surface area (Å²) in [6.45, 7) is 5.03. The first-order chi connectivity index (χ1) is 14.6. The monoisotopic (exact) mass is 405 g/mol. The number of nitrogens with zero attached hydrogens (tertiary/aromatic N) is 2. The van der Waals surface area contributed by atoms with E-state index in [1.165, 1.54) is 0 Å². The Kier molecular flexibility index (Phi) is 4.95. The molecule has 2 aromatic carbocycles. The Labute approximate surface area is 176 Å². The molecule has 0 radical (unpaired) electrons. The predicted octanol–water partition coefficient (Wildman–Crippen LogP) is 2.27. The zero-order chi connectivity index (χ0) is 20.7. The number of nitrogens with one attached hydrogen (secondary N) is 1. The van der Waals surface area contributed by atoms with Crippen molar-refractivity contribution < 1.29 is 14.3 Å². The van der Waals surface area contributed by atoms with Crippen LogP contribution >= 0.6 is 0 Å². The summed E-state index contributed by atoms with van der Waals surface area (Å²) in [7, 11) is 0. The average Bonchev–Trinajstić information content (AvgIpc) is 3.35. The molecule has 6 nitrogen and oxygen atoms in total. The van der Waals surface area contributed by atoms with Crippen molar-refractivity contribution in [1.82, 2.24) is 15.1 Å². The molecule has 5 atom stereocenters. The number of piperazine rings is 1. The molecule has 3 aliphatic rings. The highest BCUT2D eigenvalue weighted by atomic mass is 16.5. The van der Waals surface area contributed by atoms with Crippen LogP contribution in [0.4, 0.5) is 0 Å². The van der Waals surface area contributed by atoms with Crippen molar-refractivity contribution in [2.75, 3.05) is 26.2 Å². The van der Waals surface area contributed by atoms with Gasteiger partial charge in [0, 0.05) is 55.3 Å². The van der Waals surface area contributed by atoms with Gasteiger partial charge in [-0.2, -0.15) is 0 Å². The molecule has 156 valence electrons. The minimum Gasteiger partial charge on any atom is -0.480 e. The van der Waals surface area contributed by atoms with E-state index in [4.69, 9.17) is 4.74 Å². The van der Waals surface area contributed by atoms with Crippen molar-refractivity contribution in [2.45, 2.75) is 37.5 Å². The molecule has 3 heterocycles. The van der Waals surface area contributed by atoms with Crippen LogP contribution in [0.2, 0.25) is 0 Å². The smallest absolute Gasteiger partial charge is 0.261 e. The molecule has 5 rings (SSSR count). The molecule has 6 heteroatoms. The van der Waals surface area contributed by atoms with E-state index in [-0.39, 0.29) is 29.8 Å². The van der Waals surface area contributed by atoms with Crippen LogP contribution in [0.25, 0.3) is 0 Å². The maximum absolute atomic E-state index is 13.0. The van der Waals surface area contributed by atoms with Crippen LogP contribution in [0.1, 0.15) is 35.2 Å². The summed E-state index contributed by atoms with van der Waals surface area (Å²) in [5.41, 5.74) is 1.81. The SMILES string of the molecule is C[C@@H]1c2ccccc2O[C@H]1C(=O)NC[C@@H]1CN(C(=O)c2ccccc2)[C@H]2CCN1C2. The molecule has 2 aromatic rings. The second-order valence-corrected chi connectivity index (χ2v) is 8.52. The molecular formula is C24H27N3O3. The van der Waals surface area contributed by atoms with E-state index in [0.717, 1.165) is 36.4 Å².